The van der Waals surface area contributed by atoms with E-state index in [4.69, 9.17) is 4.98 Å². The maximum atomic E-state index is 11.3. The van der Waals surface area contributed by atoms with Crippen LogP contribution in [0.4, 0.5) is 5.69 Å². The normalized spacial score (nSPS) is 11.8. The number of hydrogen-bond donors (Lipinski definition) is 3. The molecule has 0 radical (unpaired) electrons. The third kappa shape index (κ3) is 5.90. The van der Waals surface area contributed by atoms with Crippen LogP contribution in [0.2, 0.25) is 0 Å². The first-order chi connectivity index (χ1) is 16.4. The van der Waals surface area contributed by atoms with E-state index >= 15 is 0 Å². The lowest BCUT2D eigenvalue weighted by molar-refractivity contribution is -0.688. The topological polar surface area (TPSA) is 97.8 Å². The number of pyridine rings is 1. The Balaban J connectivity index is 1.50. The van der Waals surface area contributed by atoms with Crippen molar-refractivity contribution >= 4 is 40.1 Å². The van der Waals surface area contributed by atoms with Gasteiger partial charge in [-0.3, -0.25) is 4.57 Å². The van der Waals surface area contributed by atoms with E-state index in [0.29, 0.717) is 6.54 Å². The van der Waals surface area contributed by atoms with Gasteiger partial charge in [-0.15, -0.1) is 11.3 Å². The van der Waals surface area contributed by atoms with Gasteiger partial charge in [-0.1, -0.05) is 19.1 Å². The number of anilines is 1. The molecule has 2 aromatic carbocycles. The smallest absolute Gasteiger partial charge is 0.356 e. The second-order valence-electron chi connectivity index (χ2n) is 8.20. The lowest BCUT2D eigenvalue weighted by Gasteiger charge is -2.24. The van der Waals surface area contributed by atoms with Crippen molar-refractivity contribution in [1.82, 2.24) is 4.98 Å². The second-order valence-corrected chi connectivity index (χ2v) is 10.8. The Labute approximate surface area is 203 Å². The fourth-order valence-corrected chi connectivity index (χ4v) is 5.39. The molecule has 2 heterocycles. The molecule has 0 saturated carbocycles. The molecule has 178 valence electrons. The van der Waals surface area contributed by atoms with Crippen molar-refractivity contribution in [1.29, 1.82) is 0 Å². The molecule has 2 aromatic heterocycles. The zero-order valence-electron chi connectivity index (χ0n) is 19.0. The van der Waals surface area contributed by atoms with Gasteiger partial charge in [-0.05, 0) is 43.2 Å². The lowest BCUT2D eigenvalue weighted by Crippen LogP contribution is -2.33. The summed E-state index contributed by atoms with van der Waals surface area (Å²) in [6.45, 7) is 4.75. The average Bonchev–Trinajstić information content (AvgIpc) is 3.25. The molecular formula is C25H29N3O4PS+. The van der Waals surface area contributed by atoms with Crippen LogP contribution in [0.1, 0.15) is 25.3 Å². The molecule has 0 aliphatic heterocycles. The molecule has 0 spiro atoms. The summed E-state index contributed by atoms with van der Waals surface area (Å²) in [6.07, 6.45) is 5.78. The minimum atomic E-state index is -4.22. The Morgan fingerprint density at radius 3 is 2.41 bits per heavy atom. The van der Waals surface area contributed by atoms with Gasteiger partial charge in [0.25, 0.3) is 0 Å². The van der Waals surface area contributed by atoms with Crippen molar-refractivity contribution in [3.8, 4) is 10.6 Å². The SMILES string of the molecule is CCCN(CCCO)c1ccc2nc(-c3cc[n+](Cc4ccc(P(=O)(O)O)cc4)cc3)sc2c1. The van der Waals surface area contributed by atoms with Gasteiger partial charge >= 0.3 is 7.60 Å². The van der Waals surface area contributed by atoms with E-state index < -0.39 is 7.60 Å². The number of aromatic nitrogens is 2. The van der Waals surface area contributed by atoms with Crippen LogP contribution < -0.4 is 14.8 Å². The van der Waals surface area contributed by atoms with Crippen molar-refractivity contribution in [2.75, 3.05) is 24.6 Å². The Bertz CT molecular complexity index is 1290. The number of nitrogens with zero attached hydrogens (tertiary/aromatic N) is 3. The molecule has 7 nitrogen and oxygen atoms in total. The molecule has 0 amide bonds. The van der Waals surface area contributed by atoms with E-state index in [1.807, 2.05) is 29.1 Å². The predicted molar refractivity (Wildman–Crippen MR) is 137 cm³/mol. The van der Waals surface area contributed by atoms with Crippen molar-refractivity contribution in [2.45, 2.75) is 26.3 Å². The lowest BCUT2D eigenvalue weighted by atomic mass is 10.2. The van der Waals surface area contributed by atoms with Gasteiger partial charge in [0.2, 0.25) is 0 Å². The fraction of sp³-hybridized carbons (Fsp3) is 0.280. The summed E-state index contributed by atoms with van der Waals surface area (Å²) in [5.41, 5.74) is 4.14. The van der Waals surface area contributed by atoms with Crippen LogP contribution >= 0.6 is 18.9 Å². The number of aliphatic hydroxyl groups excluding tert-OH is 1. The molecule has 4 rings (SSSR count). The molecule has 0 bridgehead atoms. The molecule has 0 atom stereocenters. The quantitative estimate of drug-likeness (QED) is 0.228. The molecule has 0 saturated heterocycles. The summed E-state index contributed by atoms with van der Waals surface area (Å²) in [5, 5.41) is 10.2. The predicted octanol–water partition coefficient (Wildman–Crippen LogP) is 3.70. The second kappa shape index (κ2) is 10.8. The minimum Gasteiger partial charge on any atom is -0.396 e. The number of aliphatic hydroxyl groups is 1. The van der Waals surface area contributed by atoms with Crippen molar-refractivity contribution in [3.63, 3.8) is 0 Å². The van der Waals surface area contributed by atoms with Gasteiger partial charge in [-0.25, -0.2) is 9.55 Å². The van der Waals surface area contributed by atoms with E-state index in [1.54, 1.807) is 23.5 Å². The molecule has 9 heteroatoms. The van der Waals surface area contributed by atoms with Crippen LogP contribution in [-0.2, 0) is 11.1 Å². The van der Waals surface area contributed by atoms with E-state index in [-0.39, 0.29) is 11.9 Å². The molecule has 0 aliphatic rings. The number of hydrogen-bond acceptors (Lipinski definition) is 5. The highest BCUT2D eigenvalue weighted by atomic mass is 32.1. The first-order valence-corrected chi connectivity index (χ1v) is 13.7. The van der Waals surface area contributed by atoms with Gasteiger partial charge in [0.15, 0.2) is 18.9 Å². The first kappa shape index (κ1) is 24.5. The number of thiazole rings is 1. The van der Waals surface area contributed by atoms with E-state index in [2.05, 4.69) is 30.0 Å². The van der Waals surface area contributed by atoms with E-state index in [1.165, 1.54) is 12.1 Å². The maximum Gasteiger partial charge on any atom is 0.356 e. The van der Waals surface area contributed by atoms with Gasteiger partial charge in [0.05, 0.1) is 15.5 Å². The largest absolute Gasteiger partial charge is 0.396 e. The molecule has 0 aliphatic carbocycles. The standard InChI is InChI=1S/C25H28N3O4PS/c1-2-12-28(13-3-16-29)21-6-9-23-24(17-21)34-25(26-23)20-10-14-27(15-11-20)18-19-4-7-22(8-5-19)33(30,31)32/h4-11,14-15,17,29H,2-3,12-13,16,18H2,1H3,(H-,30,31,32)/p+1. The van der Waals surface area contributed by atoms with Gasteiger partial charge in [-0.2, -0.15) is 0 Å². The van der Waals surface area contributed by atoms with E-state index in [9.17, 15) is 19.5 Å². The molecule has 4 aromatic rings. The Morgan fingerprint density at radius 1 is 1.03 bits per heavy atom. The highest BCUT2D eigenvalue weighted by Crippen LogP contribution is 2.33. The third-order valence-corrected chi connectivity index (χ3v) is 7.63. The van der Waals surface area contributed by atoms with Crippen molar-refractivity contribution in [2.24, 2.45) is 0 Å². The van der Waals surface area contributed by atoms with Crippen molar-refractivity contribution in [3.05, 3.63) is 72.6 Å². The molecule has 3 N–H and O–H groups in total. The number of fused-ring (bicyclic) bond motifs is 1. The summed E-state index contributed by atoms with van der Waals surface area (Å²) < 4.78 is 14.5. The van der Waals surface area contributed by atoms with E-state index in [0.717, 1.165) is 58.0 Å². The average molecular weight is 499 g/mol. The van der Waals surface area contributed by atoms with Crippen LogP contribution in [0, 0.1) is 0 Å². The summed E-state index contributed by atoms with van der Waals surface area (Å²) in [7, 11) is -4.22. The monoisotopic (exact) mass is 498 g/mol. The molecule has 0 unspecified atom stereocenters. The molecule has 34 heavy (non-hydrogen) atoms. The van der Waals surface area contributed by atoms with Gasteiger partial charge in [0, 0.05) is 48.6 Å². The Morgan fingerprint density at radius 2 is 1.76 bits per heavy atom. The summed E-state index contributed by atoms with van der Waals surface area (Å²) in [5.74, 6) is 0. The third-order valence-electron chi connectivity index (χ3n) is 5.59. The zero-order chi connectivity index (χ0) is 24.1. The van der Waals surface area contributed by atoms with Crippen LogP contribution in [0.3, 0.4) is 0 Å². The maximum absolute atomic E-state index is 11.3. The number of benzene rings is 2. The first-order valence-electron chi connectivity index (χ1n) is 11.3. The molecule has 0 fully saturated rings. The zero-order valence-corrected chi connectivity index (χ0v) is 20.8. The van der Waals surface area contributed by atoms with Crippen LogP contribution in [0.25, 0.3) is 20.8 Å². The fourth-order valence-electron chi connectivity index (χ4n) is 3.85. The summed E-state index contributed by atoms with van der Waals surface area (Å²) >= 11 is 1.67. The number of rotatable bonds is 10. The highest BCUT2D eigenvalue weighted by molar-refractivity contribution is 7.60. The Kier molecular flexibility index (Phi) is 7.76. The van der Waals surface area contributed by atoms with Gasteiger partial charge < -0.3 is 19.8 Å². The summed E-state index contributed by atoms with van der Waals surface area (Å²) in [4.78, 5) is 25.6. The van der Waals surface area contributed by atoms with Crippen LogP contribution in [0.15, 0.2) is 67.0 Å². The van der Waals surface area contributed by atoms with Crippen molar-refractivity contribution < 1.29 is 24.0 Å². The van der Waals surface area contributed by atoms with Crippen LogP contribution in [0.5, 0.6) is 0 Å². The molecular weight excluding hydrogens is 469 g/mol. The van der Waals surface area contributed by atoms with Crippen LogP contribution in [-0.4, -0.2) is 39.6 Å². The summed E-state index contributed by atoms with van der Waals surface area (Å²) in [6, 6.07) is 16.9. The highest BCUT2D eigenvalue weighted by Gasteiger charge is 2.17. The Hall–Kier alpha value is -2.61. The minimum absolute atomic E-state index is 0.0294. The van der Waals surface area contributed by atoms with Gasteiger partial charge in [0.1, 0.15) is 5.01 Å².